The zero-order chi connectivity index (χ0) is 24.2. The molecule has 0 aliphatic carbocycles. The van der Waals surface area contributed by atoms with Gasteiger partial charge in [-0.1, -0.05) is 0 Å². The Labute approximate surface area is 185 Å². The molecule has 2 aromatic carbocycles. The minimum absolute atomic E-state index is 0.0126. The number of aliphatic hydroxyl groups excluding tert-OH is 1. The van der Waals surface area contributed by atoms with E-state index in [1.807, 2.05) is 0 Å². The molecule has 0 saturated carbocycles. The number of aliphatic hydroxyl groups is 1. The second-order valence-electron chi connectivity index (χ2n) is 6.90. The predicted octanol–water partition coefficient (Wildman–Crippen LogP) is 3.83. The van der Waals surface area contributed by atoms with E-state index < -0.39 is 29.9 Å². The molecule has 11 heteroatoms. The van der Waals surface area contributed by atoms with Crippen molar-refractivity contribution in [2.75, 3.05) is 6.61 Å². The summed E-state index contributed by atoms with van der Waals surface area (Å²) in [5.41, 5.74) is 0.420. The predicted molar refractivity (Wildman–Crippen MR) is 108 cm³/mol. The van der Waals surface area contributed by atoms with E-state index in [0.29, 0.717) is 5.56 Å². The number of hydrogen-bond donors (Lipinski definition) is 2. The Morgan fingerprint density at radius 2 is 1.82 bits per heavy atom. The average Bonchev–Trinajstić information content (AvgIpc) is 2.78. The fourth-order valence-electron chi connectivity index (χ4n) is 2.76. The van der Waals surface area contributed by atoms with Gasteiger partial charge in [-0.15, -0.1) is 13.2 Å². The Morgan fingerprint density at radius 1 is 1.15 bits per heavy atom. The SMILES string of the molecule is CC(CO)NC(=O)c1cc(-c2ccc(OC(F)(F)F)cc2)nc(-c2ccc(F)c(C#N)c2)n1. The normalized spacial score (nSPS) is 12.0. The van der Waals surface area contributed by atoms with E-state index in [1.165, 1.54) is 30.3 Å². The van der Waals surface area contributed by atoms with Crippen LogP contribution in [-0.2, 0) is 0 Å². The molecule has 0 saturated heterocycles. The lowest BCUT2D eigenvalue weighted by Gasteiger charge is -2.13. The molecule has 3 rings (SSSR count). The van der Waals surface area contributed by atoms with Gasteiger partial charge >= 0.3 is 6.36 Å². The quantitative estimate of drug-likeness (QED) is 0.542. The lowest BCUT2D eigenvalue weighted by Crippen LogP contribution is -2.35. The number of carbonyl (C=O) groups excluding carboxylic acids is 1. The second kappa shape index (κ2) is 9.62. The number of amides is 1. The van der Waals surface area contributed by atoms with Crippen LogP contribution >= 0.6 is 0 Å². The number of nitriles is 1. The van der Waals surface area contributed by atoms with Crippen LogP contribution in [0.15, 0.2) is 48.5 Å². The molecule has 1 aromatic heterocycles. The number of ether oxygens (including phenoxy) is 1. The largest absolute Gasteiger partial charge is 0.573 e. The van der Waals surface area contributed by atoms with Crippen LogP contribution in [0, 0.1) is 17.1 Å². The fourth-order valence-corrected chi connectivity index (χ4v) is 2.76. The fraction of sp³-hybridized carbons (Fsp3) is 0.182. The summed E-state index contributed by atoms with van der Waals surface area (Å²) in [6.07, 6.45) is -4.85. The van der Waals surface area contributed by atoms with Crippen LogP contribution in [0.3, 0.4) is 0 Å². The maximum absolute atomic E-state index is 13.7. The number of benzene rings is 2. The molecule has 0 radical (unpaired) electrons. The molecule has 1 unspecified atom stereocenters. The van der Waals surface area contributed by atoms with Crippen molar-refractivity contribution < 1.29 is 32.2 Å². The molecule has 0 aliphatic rings. The van der Waals surface area contributed by atoms with Gasteiger partial charge in [0.1, 0.15) is 23.3 Å². The van der Waals surface area contributed by atoms with E-state index in [4.69, 9.17) is 5.26 Å². The van der Waals surface area contributed by atoms with Crippen molar-refractivity contribution >= 4 is 5.91 Å². The van der Waals surface area contributed by atoms with Crippen LogP contribution in [0.4, 0.5) is 17.6 Å². The number of halogens is 4. The van der Waals surface area contributed by atoms with Crippen molar-refractivity contribution in [1.82, 2.24) is 15.3 Å². The van der Waals surface area contributed by atoms with Gasteiger partial charge in [0.2, 0.25) is 0 Å². The van der Waals surface area contributed by atoms with E-state index >= 15 is 0 Å². The van der Waals surface area contributed by atoms with Crippen LogP contribution in [0.1, 0.15) is 23.0 Å². The summed E-state index contributed by atoms with van der Waals surface area (Å²) in [7, 11) is 0. The van der Waals surface area contributed by atoms with Gasteiger partial charge in [-0.2, -0.15) is 5.26 Å². The topological polar surface area (TPSA) is 108 Å². The molecule has 33 heavy (non-hydrogen) atoms. The number of nitrogens with one attached hydrogen (secondary N) is 1. The highest BCUT2D eigenvalue weighted by Crippen LogP contribution is 2.28. The summed E-state index contributed by atoms with van der Waals surface area (Å²) < 4.78 is 54.8. The van der Waals surface area contributed by atoms with Crippen molar-refractivity contribution in [2.24, 2.45) is 0 Å². The first-order chi connectivity index (χ1) is 15.6. The van der Waals surface area contributed by atoms with Gasteiger partial charge in [-0.3, -0.25) is 4.79 Å². The molecule has 0 bridgehead atoms. The standard InChI is InChI=1S/C22H16F4N4O3/c1-12(11-31)28-21(32)19-9-18(13-2-5-16(6-3-13)33-22(24,25)26)29-20(30-19)14-4-7-17(23)15(8-14)10-27/h2-9,12,31H,11H2,1H3,(H,28,32). The van der Waals surface area contributed by atoms with Gasteiger partial charge in [0.25, 0.3) is 5.91 Å². The van der Waals surface area contributed by atoms with E-state index in [1.54, 1.807) is 13.0 Å². The number of hydrogen-bond acceptors (Lipinski definition) is 6. The van der Waals surface area contributed by atoms with Gasteiger partial charge in [0.05, 0.1) is 17.9 Å². The van der Waals surface area contributed by atoms with E-state index in [-0.39, 0.29) is 34.9 Å². The minimum atomic E-state index is -4.85. The zero-order valence-corrected chi connectivity index (χ0v) is 17.0. The van der Waals surface area contributed by atoms with Gasteiger partial charge < -0.3 is 15.2 Å². The Hall–Kier alpha value is -4.04. The first-order valence-electron chi connectivity index (χ1n) is 9.46. The van der Waals surface area contributed by atoms with Crippen molar-refractivity contribution in [1.29, 1.82) is 5.26 Å². The average molecular weight is 460 g/mol. The molecule has 0 fully saturated rings. The molecule has 1 atom stereocenters. The summed E-state index contributed by atoms with van der Waals surface area (Å²) in [6, 6.07) is 10.9. The minimum Gasteiger partial charge on any atom is -0.406 e. The molecule has 7 nitrogen and oxygen atoms in total. The molecular weight excluding hydrogens is 444 g/mol. The summed E-state index contributed by atoms with van der Waals surface area (Å²) in [6.45, 7) is 1.25. The molecule has 2 N–H and O–H groups in total. The summed E-state index contributed by atoms with van der Waals surface area (Å²) >= 11 is 0. The Kier molecular flexibility index (Phi) is 6.89. The number of nitrogens with zero attached hydrogens (tertiary/aromatic N) is 3. The highest BCUT2D eigenvalue weighted by Gasteiger charge is 2.31. The first-order valence-corrected chi connectivity index (χ1v) is 9.46. The third kappa shape index (κ3) is 6.02. The molecule has 0 spiro atoms. The number of aromatic nitrogens is 2. The van der Waals surface area contributed by atoms with Crippen molar-refractivity contribution in [3.05, 3.63) is 65.6 Å². The second-order valence-corrected chi connectivity index (χ2v) is 6.90. The van der Waals surface area contributed by atoms with Gasteiger partial charge in [-0.05, 0) is 55.5 Å². The molecule has 170 valence electrons. The summed E-state index contributed by atoms with van der Waals surface area (Å²) in [5, 5.41) is 20.8. The number of alkyl halides is 3. The molecule has 0 aliphatic heterocycles. The van der Waals surface area contributed by atoms with Crippen LogP contribution in [0.25, 0.3) is 22.6 Å². The maximum atomic E-state index is 13.7. The van der Waals surface area contributed by atoms with Gasteiger partial charge in [0, 0.05) is 17.2 Å². The van der Waals surface area contributed by atoms with E-state index in [0.717, 1.165) is 18.2 Å². The molecule has 3 aromatic rings. The Morgan fingerprint density at radius 3 is 2.42 bits per heavy atom. The molecule has 1 heterocycles. The number of rotatable bonds is 6. The third-order valence-corrected chi connectivity index (χ3v) is 4.34. The third-order valence-electron chi connectivity index (χ3n) is 4.34. The number of carbonyl (C=O) groups is 1. The van der Waals surface area contributed by atoms with Gasteiger partial charge in [-0.25, -0.2) is 14.4 Å². The summed E-state index contributed by atoms with van der Waals surface area (Å²) in [5.74, 6) is -1.83. The first kappa shape index (κ1) is 23.6. The lowest BCUT2D eigenvalue weighted by atomic mass is 10.1. The Bertz CT molecular complexity index is 1210. The monoisotopic (exact) mass is 460 g/mol. The van der Waals surface area contributed by atoms with Crippen molar-refractivity contribution in [2.45, 2.75) is 19.3 Å². The molecule has 1 amide bonds. The van der Waals surface area contributed by atoms with E-state index in [9.17, 15) is 27.5 Å². The van der Waals surface area contributed by atoms with Crippen molar-refractivity contribution in [3.63, 3.8) is 0 Å². The smallest absolute Gasteiger partial charge is 0.406 e. The van der Waals surface area contributed by atoms with Crippen LogP contribution < -0.4 is 10.1 Å². The highest BCUT2D eigenvalue weighted by atomic mass is 19.4. The van der Waals surface area contributed by atoms with E-state index in [2.05, 4.69) is 20.0 Å². The Balaban J connectivity index is 2.08. The highest BCUT2D eigenvalue weighted by molar-refractivity contribution is 5.94. The summed E-state index contributed by atoms with van der Waals surface area (Å²) in [4.78, 5) is 21.1. The van der Waals surface area contributed by atoms with Crippen molar-refractivity contribution in [3.8, 4) is 34.5 Å². The van der Waals surface area contributed by atoms with Crippen LogP contribution in [0.5, 0.6) is 5.75 Å². The van der Waals surface area contributed by atoms with Crippen LogP contribution in [0.2, 0.25) is 0 Å². The van der Waals surface area contributed by atoms with Gasteiger partial charge in [0.15, 0.2) is 5.82 Å². The maximum Gasteiger partial charge on any atom is 0.573 e. The molecular formula is C22H16F4N4O3. The zero-order valence-electron chi connectivity index (χ0n) is 17.0. The lowest BCUT2D eigenvalue weighted by molar-refractivity contribution is -0.274. The van der Waals surface area contributed by atoms with Crippen LogP contribution in [-0.4, -0.2) is 40.0 Å².